The molecule has 0 bridgehead atoms. The second-order valence-electron chi connectivity index (χ2n) is 4.24. The molecule has 0 atom stereocenters. The molecule has 0 fully saturated rings. The number of rotatable bonds is 5. The van der Waals surface area contributed by atoms with Crippen molar-refractivity contribution in [3.05, 3.63) is 41.5 Å². The first-order chi connectivity index (χ1) is 9.81. The fourth-order valence-electron chi connectivity index (χ4n) is 2.03. The monoisotopic (exact) mass is 289 g/mol. The average molecular weight is 289 g/mol. The van der Waals surface area contributed by atoms with Gasteiger partial charge in [-0.3, -0.25) is 4.40 Å². The standard InChI is InChI=1S/C14H15N3O2S/c1-18-10-3-2-4-11(9-10)19-13-12(5-6-15)17-7-8-20-14(17)16-13/h2-4,7-9H,5-6,15H2,1H3. The van der Waals surface area contributed by atoms with Crippen LogP contribution in [0.2, 0.25) is 0 Å². The highest BCUT2D eigenvalue weighted by atomic mass is 32.1. The molecule has 5 nitrogen and oxygen atoms in total. The van der Waals surface area contributed by atoms with Crippen LogP contribution in [0, 0.1) is 0 Å². The number of thiazole rings is 1. The summed E-state index contributed by atoms with van der Waals surface area (Å²) in [4.78, 5) is 5.41. The third kappa shape index (κ3) is 2.35. The van der Waals surface area contributed by atoms with Crippen molar-refractivity contribution in [3.63, 3.8) is 0 Å². The van der Waals surface area contributed by atoms with E-state index in [4.69, 9.17) is 15.2 Å². The molecule has 0 saturated heterocycles. The smallest absolute Gasteiger partial charge is 0.242 e. The van der Waals surface area contributed by atoms with Gasteiger partial charge in [0.25, 0.3) is 0 Å². The number of methoxy groups -OCH3 is 1. The maximum Gasteiger partial charge on any atom is 0.242 e. The lowest BCUT2D eigenvalue weighted by Crippen LogP contribution is -2.05. The van der Waals surface area contributed by atoms with E-state index in [0.29, 0.717) is 18.2 Å². The van der Waals surface area contributed by atoms with E-state index in [1.165, 1.54) is 0 Å². The lowest BCUT2D eigenvalue weighted by molar-refractivity contribution is 0.407. The molecule has 0 amide bonds. The van der Waals surface area contributed by atoms with E-state index in [-0.39, 0.29) is 0 Å². The zero-order valence-electron chi connectivity index (χ0n) is 11.1. The second-order valence-corrected chi connectivity index (χ2v) is 5.11. The molecule has 0 spiro atoms. The Morgan fingerprint density at radius 2 is 2.20 bits per heavy atom. The van der Waals surface area contributed by atoms with E-state index >= 15 is 0 Å². The Kier molecular flexibility index (Phi) is 3.58. The SMILES string of the molecule is COc1cccc(Oc2nc3sccn3c2CCN)c1. The number of nitrogens with zero attached hydrogens (tertiary/aromatic N) is 2. The molecule has 0 aliphatic heterocycles. The Morgan fingerprint density at radius 1 is 1.35 bits per heavy atom. The number of aromatic nitrogens is 2. The summed E-state index contributed by atoms with van der Waals surface area (Å²) in [6, 6.07) is 7.47. The quantitative estimate of drug-likeness (QED) is 0.784. The summed E-state index contributed by atoms with van der Waals surface area (Å²) in [7, 11) is 1.63. The molecule has 0 aliphatic rings. The maximum absolute atomic E-state index is 5.89. The van der Waals surface area contributed by atoms with Gasteiger partial charge in [0.1, 0.15) is 11.5 Å². The zero-order chi connectivity index (χ0) is 13.9. The van der Waals surface area contributed by atoms with Crippen LogP contribution >= 0.6 is 11.3 Å². The molecule has 6 heteroatoms. The Balaban J connectivity index is 1.96. The molecular weight excluding hydrogens is 274 g/mol. The molecule has 2 heterocycles. The molecule has 2 N–H and O–H groups in total. The van der Waals surface area contributed by atoms with E-state index in [1.807, 2.05) is 40.2 Å². The van der Waals surface area contributed by atoms with E-state index in [9.17, 15) is 0 Å². The molecule has 2 aromatic heterocycles. The number of imidazole rings is 1. The minimum Gasteiger partial charge on any atom is -0.497 e. The van der Waals surface area contributed by atoms with Crippen molar-refractivity contribution in [1.82, 2.24) is 9.38 Å². The molecule has 0 aliphatic carbocycles. The van der Waals surface area contributed by atoms with E-state index in [1.54, 1.807) is 18.4 Å². The summed E-state index contributed by atoms with van der Waals surface area (Å²) in [5.41, 5.74) is 6.67. The Labute approximate surface area is 120 Å². The fraction of sp³-hybridized carbons (Fsp3) is 0.214. The maximum atomic E-state index is 5.89. The summed E-state index contributed by atoms with van der Waals surface area (Å²) < 4.78 is 13.1. The number of fused-ring (bicyclic) bond motifs is 1. The molecule has 0 unspecified atom stereocenters. The van der Waals surface area contributed by atoms with Crippen molar-refractivity contribution >= 4 is 16.3 Å². The Hall–Kier alpha value is -2.05. The second kappa shape index (κ2) is 5.52. The van der Waals surface area contributed by atoms with Gasteiger partial charge in [-0.25, -0.2) is 0 Å². The van der Waals surface area contributed by atoms with Crippen molar-refractivity contribution in [1.29, 1.82) is 0 Å². The highest BCUT2D eigenvalue weighted by molar-refractivity contribution is 7.15. The molecule has 1 aromatic carbocycles. The number of nitrogens with two attached hydrogens (primary N) is 1. The van der Waals surface area contributed by atoms with Gasteiger partial charge in [0, 0.05) is 24.1 Å². The zero-order valence-corrected chi connectivity index (χ0v) is 11.9. The highest BCUT2D eigenvalue weighted by Crippen LogP contribution is 2.29. The van der Waals surface area contributed by atoms with Gasteiger partial charge in [-0.2, -0.15) is 4.98 Å². The lowest BCUT2D eigenvalue weighted by Gasteiger charge is -2.07. The lowest BCUT2D eigenvalue weighted by atomic mass is 10.3. The predicted octanol–water partition coefficient (Wildman–Crippen LogP) is 2.70. The van der Waals surface area contributed by atoms with Crippen molar-refractivity contribution < 1.29 is 9.47 Å². The number of ether oxygens (including phenoxy) is 2. The number of hydrogen-bond acceptors (Lipinski definition) is 5. The average Bonchev–Trinajstić information content (AvgIpc) is 3.03. The van der Waals surface area contributed by atoms with Crippen molar-refractivity contribution in [2.45, 2.75) is 6.42 Å². The summed E-state index contributed by atoms with van der Waals surface area (Å²) in [6.45, 7) is 0.554. The first-order valence-electron chi connectivity index (χ1n) is 6.28. The molecular formula is C14H15N3O2S. The molecule has 20 heavy (non-hydrogen) atoms. The molecule has 104 valence electrons. The van der Waals surface area contributed by atoms with E-state index in [2.05, 4.69) is 4.98 Å². The van der Waals surface area contributed by atoms with Crippen molar-refractivity contribution in [2.24, 2.45) is 5.73 Å². The van der Waals surface area contributed by atoms with Crippen LogP contribution in [0.4, 0.5) is 0 Å². The highest BCUT2D eigenvalue weighted by Gasteiger charge is 2.14. The fourth-order valence-corrected chi connectivity index (χ4v) is 2.76. The van der Waals surface area contributed by atoms with Crippen LogP contribution in [-0.4, -0.2) is 23.0 Å². The van der Waals surface area contributed by atoms with Crippen LogP contribution in [0.3, 0.4) is 0 Å². The van der Waals surface area contributed by atoms with Gasteiger partial charge in [0.15, 0.2) is 4.96 Å². The summed E-state index contributed by atoms with van der Waals surface area (Å²) in [5.74, 6) is 2.06. The Bertz CT molecular complexity index is 720. The van der Waals surface area contributed by atoms with Crippen molar-refractivity contribution in [2.75, 3.05) is 13.7 Å². The Morgan fingerprint density at radius 3 is 3.00 bits per heavy atom. The minimum absolute atomic E-state index is 0.554. The van der Waals surface area contributed by atoms with Gasteiger partial charge in [0.05, 0.1) is 12.8 Å². The molecule has 3 rings (SSSR count). The van der Waals surface area contributed by atoms with Crippen LogP contribution in [0.1, 0.15) is 5.69 Å². The van der Waals surface area contributed by atoms with E-state index < -0.39 is 0 Å². The molecule has 3 aromatic rings. The minimum atomic E-state index is 0.554. The summed E-state index contributed by atoms with van der Waals surface area (Å²) in [5, 5.41) is 2.00. The summed E-state index contributed by atoms with van der Waals surface area (Å²) >= 11 is 1.57. The predicted molar refractivity (Wildman–Crippen MR) is 78.9 cm³/mol. The number of hydrogen-bond donors (Lipinski definition) is 1. The third-order valence-electron chi connectivity index (χ3n) is 2.96. The first kappa shape index (κ1) is 13.0. The van der Waals surface area contributed by atoms with Crippen LogP contribution < -0.4 is 15.2 Å². The van der Waals surface area contributed by atoms with Gasteiger partial charge in [0.2, 0.25) is 5.88 Å². The van der Waals surface area contributed by atoms with Gasteiger partial charge in [-0.15, -0.1) is 11.3 Å². The van der Waals surface area contributed by atoms with Gasteiger partial charge in [-0.05, 0) is 18.7 Å². The van der Waals surface area contributed by atoms with Crippen LogP contribution in [0.25, 0.3) is 4.96 Å². The van der Waals surface area contributed by atoms with E-state index in [0.717, 1.165) is 22.8 Å². The summed E-state index contributed by atoms with van der Waals surface area (Å²) in [6.07, 6.45) is 2.70. The largest absolute Gasteiger partial charge is 0.497 e. The van der Waals surface area contributed by atoms with Gasteiger partial charge < -0.3 is 15.2 Å². The third-order valence-corrected chi connectivity index (χ3v) is 3.72. The molecule has 0 radical (unpaired) electrons. The van der Waals surface area contributed by atoms with Crippen molar-refractivity contribution in [3.8, 4) is 17.4 Å². The topological polar surface area (TPSA) is 61.8 Å². The first-order valence-corrected chi connectivity index (χ1v) is 7.16. The van der Waals surface area contributed by atoms with Gasteiger partial charge in [-0.1, -0.05) is 6.07 Å². The van der Waals surface area contributed by atoms with Crippen LogP contribution in [0.15, 0.2) is 35.8 Å². The number of benzene rings is 1. The van der Waals surface area contributed by atoms with Crippen LogP contribution in [-0.2, 0) is 6.42 Å². The van der Waals surface area contributed by atoms with Crippen LogP contribution in [0.5, 0.6) is 17.4 Å². The van der Waals surface area contributed by atoms with Gasteiger partial charge >= 0.3 is 0 Å². The normalized spacial score (nSPS) is 10.9. The molecule has 0 saturated carbocycles.